The van der Waals surface area contributed by atoms with Crippen LogP contribution < -0.4 is 0 Å². The van der Waals surface area contributed by atoms with Crippen LogP contribution in [0.15, 0.2) is 30.3 Å². The normalized spacial score (nSPS) is 25.8. The third kappa shape index (κ3) is 3.91. The minimum absolute atomic E-state index is 0.0145. The third-order valence-corrected chi connectivity index (χ3v) is 5.98. The highest BCUT2D eigenvalue weighted by Crippen LogP contribution is 2.33. The molecule has 0 unspecified atom stereocenters. The Morgan fingerprint density at radius 2 is 2.09 bits per heavy atom. The first-order valence-electron chi connectivity index (χ1n) is 8.42. The molecule has 122 valence electrons. The zero-order valence-electron chi connectivity index (χ0n) is 13.5. The van der Waals surface area contributed by atoms with Gasteiger partial charge in [-0.15, -0.1) is 6.42 Å². The molecule has 0 bridgehead atoms. The maximum Gasteiger partial charge on any atom is 0.240 e. The smallest absolute Gasteiger partial charge is 0.240 e. The van der Waals surface area contributed by atoms with Crippen LogP contribution in [0, 0.1) is 12.3 Å². The molecule has 4 heteroatoms. The van der Waals surface area contributed by atoms with Gasteiger partial charge in [-0.2, -0.15) is 11.8 Å². The van der Waals surface area contributed by atoms with E-state index in [4.69, 9.17) is 6.42 Å². The molecule has 3 nitrogen and oxygen atoms in total. The summed E-state index contributed by atoms with van der Waals surface area (Å²) in [5.74, 6) is 4.00. The molecule has 1 aromatic carbocycles. The first-order chi connectivity index (χ1) is 11.3. The summed E-state index contributed by atoms with van der Waals surface area (Å²) in [4.78, 5) is 17.3. The van der Waals surface area contributed by atoms with Crippen molar-refractivity contribution < 1.29 is 4.79 Å². The van der Waals surface area contributed by atoms with Crippen LogP contribution >= 0.6 is 11.8 Å². The molecule has 2 atom stereocenters. The molecule has 0 spiro atoms. The average molecular weight is 328 g/mol. The maximum atomic E-state index is 13.0. The van der Waals surface area contributed by atoms with E-state index in [1.54, 1.807) is 0 Å². The molecule has 2 saturated heterocycles. The molecule has 3 rings (SSSR count). The van der Waals surface area contributed by atoms with Crippen molar-refractivity contribution >= 4 is 17.7 Å². The monoisotopic (exact) mass is 328 g/mol. The van der Waals surface area contributed by atoms with Gasteiger partial charge in [-0.05, 0) is 24.9 Å². The molecule has 2 heterocycles. The number of piperidine rings is 1. The summed E-state index contributed by atoms with van der Waals surface area (Å²) in [5, 5.41) is 0.388. The number of rotatable bonds is 3. The van der Waals surface area contributed by atoms with Crippen molar-refractivity contribution in [2.75, 3.05) is 31.9 Å². The lowest BCUT2D eigenvalue weighted by atomic mass is 10.0. The maximum absolute atomic E-state index is 13.0. The fourth-order valence-electron chi connectivity index (χ4n) is 3.51. The van der Waals surface area contributed by atoms with E-state index in [9.17, 15) is 4.79 Å². The first-order valence-corrected chi connectivity index (χ1v) is 9.47. The van der Waals surface area contributed by atoms with Crippen molar-refractivity contribution in [2.45, 2.75) is 30.6 Å². The fraction of sp³-hybridized carbons (Fsp3) is 0.526. The minimum Gasteiger partial charge on any atom is -0.339 e. The lowest BCUT2D eigenvalue weighted by Crippen LogP contribution is -2.53. The van der Waals surface area contributed by atoms with Gasteiger partial charge in [-0.1, -0.05) is 42.7 Å². The minimum atomic E-state index is -0.0145. The average Bonchev–Trinajstić information content (AvgIpc) is 2.63. The Hall–Kier alpha value is -1.44. The Morgan fingerprint density at radius 1 is 1.26 bits per heavy atom. The van der Waals surface area contributed by atoms with E-state index in [1.165, 1.54) is 5.56 Å². The topological polar surface area (TPSA) is 23.6 Å². The van der Waals surface area contributed by atoms with Gasteiger partial charge in [-0.3, -0.25) is 9.69 Å². The van der Waals surface area contributed by atoms with Crippen LogP contribution in [0.3, 0.4) is 0 Å². The summed E-state index contributed by atoms with van der Waals surface area (Å²) in [6, 6.07) is 10.5. The number of carbonyl (C=O) groups excluding carboxylic acids is 1. The van der Waals surface area contributed by atoms with Crippen molar-refractivity contribution in [3.63, 3.8) is 0 Å². The van der Waals surface area contributed by atoms with Crippen LogP contribution in [0.2, 0.25) is 0 Å². The van der Waals surface area contributed by atoms with Crippen molar-refractivity contribution in [1.29, 1.82) is 0 Å². The second-order valence-corrected chi connectivity index (χ2v) is 7.55. The van der Waals surface area contributed by atoms with Gasteiger partial charge in [0, 0.05) is 24.1 Å². The van der Waals surface area contributed by atoms with Crippen LogP contribution in [0.25, 0.3) is 0 Å². The highest BCUT2D eigenvalue weighted by Gasteiger charge is 2.34. The van der Waals surface area contributed by atoms with E-state index in [0.29, 0.717) is 11.8 Å². The number of likely N-dealkylation sites (tertiary alicyclic amines) is 1. The Kier molecular flexibility index (Phi) is 5.64. The van der Waals surface area contributed by atoms with Gasteiger partial charge in [0.15, 0.2) is 0 Å². The molecule has 0 saturated carbocycles. The number of nitrogens with zero attached hydrogens (tertiary/aromatic N) is 2. The number of hydrogen-bond donors (Lipinski definition) is 0. The number of amides is 1. The largest absolute Gasteiger partial charge is 0.339 e. The van der Waals surface area contributed by atoms with Gasteiger partial charge in [0.1, 0.15) is 0 Å². The second kappa shape index (κ2) is 7.90. The molecular formula is C19H24N2OS. The molecule has 0 N–H and O–H groups in total. The summed E-state index contributed by atoms with van der Waals surface area (Å²) >= 11 is 1.96. The van der Waals surface area contributed by atoms with E-state index in [-0.39, 0.29) is 11.9 Å². The standard InChI is InChI=1S/C19H24N2OS/c1-2-11-20-12-7-6-10-17(20)19(22)21-13-14-23-18(15-21)16-8-4-3-5-9-16/h1,3-5,8-9,17-18H,6-7,10-15H2/t17-,18-/m1/s1. The highest BCUT2D eigenvalue weighted by atomic mass is 32.2. The van der Waals surface area contributed by atoms with Crippen LogP contribution in [-0.4, -0.2) is 53.7 Å². The zero-order valence-corrected chi connectivity index (χ0v) is 14.3. The molecule has 2 aliphatic rings. The summed E-state index contributed by atoms with van der Waals surface area (Å²) in [6.07, 6.45) is 8.70. The van der Waals surface area contributed by atoms with E-state index >= 15 is 0 Å². The van der Waals surface area contributed by atoms with Crippen molar-refractivity contribution in [1.82, 2.24) is 9.80 Å². The Morgan fingerprint density at radius 3 is 2.87 bits per heavy atom. The second-order valence-electron chi connectivity index (χ2n) is 6.24. The number of terminal acetylenes is 1. The molecule has 0 radical (unpaired) electrons. The predicted octanol–water partition coefficient (Wildman–Crippen LogP) is 2.79. The van der Waals surface area contributed by atoms with Gasteiger partial charge in [0.05, 0.1) is 12.6 Å². The Labute approximate surface area is 143 Å². The van der Waals surface area contributed by atoms with Crippen LogP contribution in [0.1, 0.15) is 30.1 Å². The lowest BCUT2D eigenvalue weighted by Gasteiger charge is -2.39. The first kappa shape index (κ1) is 16.4. The number of hydrogen-bond acceptors (Lipinski definition) is 3. The number of benzene rings is 1. The van der Waals surface area contributed by atoms with Crippen LogP contribution in [-0.2, 0) is 4.79 Å². The van der Waals surface area contributed by atoms with E-state index in [2.05, 4.69) is 40.0 Å². The molecule has 2 fully saturated rings. The van der Waals surface area contributed by atoms with Crippen LogP contribution in [0.5, 0.6) is 0 Å². The highest BCUT2D eigenvalue weighted by molar-refractivity contribution is 7.99. The molecule has 1 aromatic rings. The van der Waals surface area contributed by atoms with E-state index in [0.717, 1.165) is 44.6 Å². The quantitative estimate of drug-likeness (QED) is 0.797. The summed E-state index contributed by atoms with van der Waals surface area (Å²) in [6.45, 7) is 3.20. The Bertz CT molecular complexity index is 568. The molecular weight excluding hydrogens is 304 g/mol. The number of carbonyl (C=O) groups is 1. The van der Waals surface area contributed by atoms with Crippen molar-refractivity contribution in [3.8, 4) is 12.3 Å². The van der Waals surface area contributed by atoms with Gasteiger partial charge in [-0.25, -0.2) is 0 Å². The van der Waals surface area contributed by atoms with Crippen LogP contribution in [0.4, 0.5) is 0 Å². The Balaban J connectivity index is 1.68. The van der Waals surface area contributed by atoms with Gasteiger partial charge < -0.3 is 4.90 Å². The van der Waals surface area contributed by atoms with Gasteiger partial charge in [0.25, 0.3) is 0 Å². The fourth-order valence-corrected chi connectivity index (χ4v) is 4.75. The zero-order chi connectivity index (χ0) is 16.1. The van der Waals surface area contributed by atoms with Gasteiger partial charge in [0.2, 0.25) is 5.91 Å². The molecule has 23 heavy (non-hydrogen) atoms. The number of thioether (sulfide) groups is 1. The lowest BCUT2D eigenvalue weighted by molar-refractivity contribution is -0.137. The van der Waals surface area contributed by atoms with Crippen molar-refractivity contribution in [3.05, 3.63) is 35.9 Å². The van der Waals surface area contributed by atoms with E-state index in [1.807, 2.05) is 17.8 Å². The summed E-state index contributed by atoms with van der Waals surface area (Å²) in [7, 11) is 0. The molecule has 0 aliphatic carbocycles. The third-order valence-electron chi connectivity index (χ3n) is 4.74. The van der Waals surface area contributed by atoms with E-state index < -0.39 is 0 Å². The summed E-state index contributed by atoms with van der Waals surface area (Å²) in [5.41, 5.74) is 1.32. The SMILES string of the molecule is C#CCN1CCCC[C@@H]1C(=O)N1CCS[C@@H](c2ccccc2)C1. The molecule has 1 amide bonds. The molecule has 0 aromatic heterocycles. The van der Waals surface area contributed by atoms with Gasteiger partial charge >= 0.3 is 0 Å². The predicted molar refractivity (Wildman–Crippen MR) is 96.3 cm³/mol. The van der Waals surface area contributed by atoms with Crippen molar-refractivity contribution in [2.24, 2.45) is 0 Å². The molecule has 2 aliphatic heterocycles. The summed E-state index contributed by atoms with van der Waals surface area (Å²) < 4.78 is 0.